The Kier molecular flexibility index (Phi) is 4.25. The molecule has 0 saturated carbocycles. The van der Waals surface area contributed by atoms with Crippen LogP contribution in [0.2, 0.25) is 5.15 Å². The second kappa shape index (κ2) is 6.02. The highest BCUT2D eigenvalue weighted by Crippen LogP contribution is 2.39. The van der Waals surface area contributed by atoms with Gasteiger partial charge in [0.1, 0.15) is 10.2 Å². The third-order valence-electron chi connectivity index (χ3n) is 3.43. The van der Waals surface area contributed by atoms with Crippen molar-refractivity contribution in [3.8, 4) is 0 Å². The van der Waals surface area contributed by atoms with Gasteiger partial charge in [-0.25, -0.2) is 15.0 Å². The third kappa shape index (κ3) is 2.91. The molecule has 0 aliphatic rings. The SMILES string of the molecule is Cc1c(S[C@@H](C)c2ccc(Cl)nc2)nc(C)c2sc(N)nc12. The van der Waals surface area contributed by atoms with E-state index in [1.165, 1.54) is 11.3 Å². The van der Waals surface area contributed by atoms with Crippen molar-refractivity contribution < 1.29 is 0 Å². The molecule has 3 rings (SSSR count). The molecule has 3 aromatic rings. The minimum atomic E-state index is 0.226. The van der Waals surface area contributed by atoms with Crippen molar-refractivity contribution in [2.75, 3.05) is 5.73 Å². The van der Waals surface area contributed by atoms with Gasteiger partial charge in [0.25, 0.3) is 0 Å². The maximum Gasteiger partial charge on any atom is 0.181 e. The van der Waals surface area contributed by atoms with Crippen molar-refractivity contribution in [3.63, 3.8) is 0 Å². The Morgan fingerprint density at radius 3 is 2.73 bits per heavy atom. The summed E-state index contributed by atoms with van der Waals surface area (Å²) in [6, 6.07) is 3.80. The molecule has 0 aliphatic carbocycles. The molecule has 2 N–H and O–H groups in total. The highest BCUT2D eigenvalue weighted by Gasteiger charge is 2.16. The van der Waals surface area contributed by atoms with Crippen molar-refractivity contribution in [2.24, 2.45) is 0 Å². The van der Waals surface area contributed by atoms with Crippen LogP contribution >= 0.6 is 34.7 Å². The highest BCUT2D eigenvalue weighted by atomic mass is 35.5. The molecule has 0 spiro atoms. The zero-order valence-corrected chi connectivity index (χ0v) is 14.8. The molecule has 1 atom stereocenters. The second-order valence-electron chi connectivity index (χ2n) is 5.03. The lowest BCUT2D eigenvalue weighted by molar-refractivity contribution is 1.02. The number of aryl methyl sites for hydroxylation is 2. The van der Waals surface area contributed by atoms with Crippen LogP contribution in [-0.2, 0) is 0 Å². The molecule has 3 aromatic heterocycles. The molecular weight excluding hydrogens is 336 g/mol. The van der Waals surface area contributed by atoms with Crippen LogP contribution in [0.1, 0.15) is 29.0 Å². The lowest BCUT2D eigenvalue weighted by Gasteiger charge is -2.13. The largest absolute Gasteiger partial charge is 0.375 e. The first-order valence-electron chi connectivity index (χ1n) is 6.77. The Balaban J connectivity index is 1.96. The number of fused-ring (bicyclic) bond motifs is 1. The van der Waals surface area contributed by atoms with Gasteiger partial charge in [-0.05, 0) is 32.4 Å². The van der Waals surface area contributed by atoms with E-state index in [4.69, 9.17) is 22.3 Å². The Labute approximate surface area is 142 Å². The fourth-order valence-electron chi connectivity index (χ4n) is 2.20. The van der Waals surface area contributed by atoms with Gasteiger partial charge in [0.2, 0.25) is 0 Å². The van der Waals surface area contributed by atoms with E-state index in [0.717, 1.165) is 32.1 Å². The molecule has 0 bridgehead atoms. The number of hydrogen-bond acceptors (Lipinski definition) is 6. The summed E-state index contributed by atoms with van der Waals surface area (Å²) in [4.78, 5) is 13.3. The van der Waals surface area contributed by atoms with Crippen LogP contribution in [-0.4, -0.2) is 15.0 Å². The normalized spacial score (nSPS) is 12.7. The molecule has 0 aromatic carbocycles. The standard InChI is InChI=1S/C15H15ClN4S2/c1-7-12-13(22-15(17)20-12)8(2)19-14(7)21-9(3)10-4-5-11(16)18-6-10/h4-6,9H,1-3H3,(H2,17,20)/t9-/m0/s1. The molecular formula is C15H15ClN4S2. The second-order valence-corrected chi connectivity index (χ2v) is 7.78. The molecule has 114 valence electrons. The minimum absolute atomic E-state index is 0.226. The molecule has 7 heteroatoms. The van der Waals surface area contributed by atoms with E-state index in [1.807, 2.05) is 32.2 Å². The Morgan fingerprint density at radius 1 is 1.27 bits per heavy atom. The lowest BCUT2D eigenvalue weighted by atomic mass is 10.2. The van der Waals surface area contributed by atoms with Gasteiger partial charge >= 0.3 is 0 Å². The molecule has 4 nitrogen and oxygen atoms in total. The summed E-state index contributed by atoms with van der Waals surface area (Å²) in [6.45, 7) is 6.17. The summed E-state index contributed by atoms with van der Waals surface area (Å²) in [5.74, 6) is 0. The van der Waals surface area contributed by atoms with Crippen LogP contribution in [0.5, 0.6) is 0 Å². The van der Waals surface area contributed by atoms with E-state index in [-0.39, 0.29) is 5.25 Å². The first-order valence-corrected chi connectivity index (χ1v) is 8.84. The predicted molar refractivity (Wildman–Crippen MR) is 94.8 cm³/mol. The first kappa shape index (κ1) is 15.5. The monoisotopic (exact) mass is 350 g/mol. The summed E-state index contributed by atoms with van der Waals surface area (Å²) in [7, 11) is 0. The zero-order valence-electron chi connectivity index (χ0n) is 12.4. The summed E-state index contributed by atoms with van der Waals surface area (Å²) >= 11 is 9.03. The number of aromatic nitrogens is 3. The zero-order chi connectivity index (χ0) is 15.9. The van der Waals surface area contributed by atoms with Crippen molar-refractivity contribution >= 4 is 50.0 Å². The van der Waals surface area contributed by atoms with Gasteiger partial charge in [-0.1, -0.05) is 40.8 Å². The average molecular weight is 351 g/mol. The van der Waals surface area contributed by atoms with Crippen LogP contribution < -0.4 is 5.73 Å². The van der Waals surface area contributed by atoms with Gasteiger partial charge in [-0.2, -0.15) is 0 Å². The summed E-state index contributed by atoms with van der Waals surface area (Å²) < 4.78 is 1.07. The predicted octanol–water partition coefficient (Wildman–Crippen LogP) is 4.79. The van der Waals surface area contributed by atoms with E-state index in [9.17, 15) is 0 Å². The number of pyridine rings is 2. The van der Waals surface area contributed by atoms with Crippen molar-refractivity contribution in [1.82, 2.24) is 15.0 Å². The number of nitrogen functional groups attached to an aromatic ring is 1. The van der Waals surface area contributed by atoms with E-state index >= 15 is 0 Å². The van der Waals surface area contributed by atoms with Gasteiger partial charge in [0, 0.05) is 17.0 Å². The minimum Gasteiger partial charge on any atom is -0.375 e. The first-order chi connectivity index (χ1) is 10.5. The van der Waals surface area contributed by atoms with Gasteiger partial charge in [0.15, 0.2) is 5.13 Å². The maximum atomic E-state index is 5.84. The van der Waals surface area contributed by atoms with Crippen LogP contribution in [0.4, 0.5) is 5.13 Å². The lowest BCUT2D eigenvalue weighted by Crippen LogP contribution is -1.95. The molecule has 0 aliphatic heterocycles. The van der Waals surface area contributed by atoms with Crippen LogP contribution in [0, 0.1) is 13.8 Å². The van der Waals surface area contributed by atoms with Gasteiger partial charge in [-0.3, -0.25) is 0 Å². The quantitative estimate of drug-likeness (QED) is 0.543. The van der Waals surface area contributed by atoms with Gasteiger partial charge < -0.3 is 5.73 Å². The highest BCUT2D eigenvalue weighted by molar-refractivity contribution is 7.99. The van der Waals surface area contributed by atoms with Crippen molar-refractivity contribution in [1.29, 1.82) is 0 Å². The molecule has 0 unspecified atom stereocenters. The summed E-state index contributed by atoms with van der Waals surface area (Å²) in [5, 5.41) is 2.30. The van der Waals surface area contributed by atoms with E-state index in [0.29, 0.717) is 10.3 Å². The number of halogens is 1. The Hall–Kier alpha value is -1.37. The topological polar surface area (TPSA) is 64.7 Å². The summed E-state index contributed by atoms with van der Waals surface area (Å²) in [5.41, 5.74) is 9.96. The molecule has 3 heterocycles. The van der Waals surface area contributed by atoms with Crippen LogP contribution in [0.3, 0.4) is 0 Å². The van der Waals surface area contributed by atoms with E-state index in [2.05, 4.69) is 16.9 Å². The van der Waals surface area contributed by atoms with Crippen molar-refractivity contribution in [2.45, 2.75) is 31.0 Å². The summed E-state index contributed by atoms with van der Waals surface area (Å²) in [6.07, 6.45) is 1.81. The number of hydrogen-bond donors (Lipinski definition) is 1. The number of anilines is 1. The Morgan fingerprint density at radius 2 is 2.05 bits per heavy atom. The number of nitrogens with zero attached hydrogens (tertiary/aromatic N) is 3. The van der Waals surface area contributed by atoms with Gasteiger partial charge in [-0.15, -0.1) is 0 Å². The van der Waals surface area contributed by atoms with Gasteiger partial charge in [0.05, 0.1) is 15.9 Å². The van der Waals surface area contributed by atoms with Crippen molar-refractivity contribution in [3.05, 3.63) is 40.3 Å². The van der Waals surface area contributed by atoms with Crippen LogP contribution in [0.25, 0.3) is 10.2 Å². The smallest absolute Gasteiger partial charge is 0.181 e. The van der Waals surface area contributed by atoms with Crippen LogP contribution in [0.15, 0.2) is 23.4 Å². The number of thiazole rings is 1. The molecule has 0 fully saturated rings. The number of nitrogens with two attached hydrogens (primary N) is 1. The third-order valence-corrected chi connectivity index (χ3v) is 5.89. The molecule has 0 saturated heterocycles. The molecule has 22 heavy (non-hydrogen) atoms. The molecule has 0 amide bonds. The fourth-order valence-corrected chi connectivity index (χ4v) is 4.22. The fraction of sp³-hybridized carbons (Fsp3) is 0.267. The van der Waals surface area contributed by atoms with E-state index < -0.39 is 0 Å². The number of rotatable bonds is 3. The maximum absolute atomic E-state index is 5.84. The number of thioether (sulfide) groups is 1. The van der Waals surface area contributed by atoms with E-state index in [1.54, 1.807) is 11.8 Å². The average Bonchev–Trinajstić information content (AvgIpc) is 2.88. The molecule has 0 radical (unpaired) electrons. The Bertz CT molecular complexity index is 830.